The van der Waals surface area contributed by atoms with Crippen molar-refractivity contribution in [2.24, 2.45) is 5.41 Å². The van der Waals surface area contributed by atoms with E-state index in [0.717, 1.165) is 25.1 Å². The first-order valence-electron chi connectivity index (χ1n) is 6.63. The lowest BCUT2D eigenvalue weighted by Crippen LogP contribution is -2.22. The van der Waals surface area contributed by atoms with Gasteiger partial charge in [-0.1, -0.05) is 13.8 Å². The average Bonchev–Trinajstić information content (AvgIpc) is 2.78. The van der Waals surface area contributed by atoms with Crippen LogP contribution in [0.5, 0.6) is 0 Å². The molecule has 0 N–H and O–H groups in total. The zero-order valence-corrected chi connectivity index (χ0v) is 11.6. The van der Waals surface area contributed by atoms with E-state index in [1.807, 2.05) is 4.90 Å². The van der Waals surface area contributed by atoms with E-state index in [1.165, 1.54) is 22.4 Å². The number of pyridine rings is 1. The van der Waals surface area contributed by atoms with Gasteiger partial charge < -0.3 is 4.90 Å². The smallest absolute Gasteiger partial charge is 0.220 e. The molecule has 1 aromatic heterocycles. The molecule has 0 saturated heterocycles. The van der Waals surface area contributed by atoms with E-state index in [4.69, 9.17) is 4.98 Å². The number of rotatable bonds is 0. The Morgan fingerprint density at radius 1 is 1.17 bits per heavy atom. The van der Waals surface area contributed by atoms with Crippen molar-refractivity contribution in [3.63, 3.8) is 0 Å². The predicted octanol–water partition coefficient (Wildman–Crippen LogP) is 2.38. The van der Waals surface area contributed by atoms with Crippen LogP contribution in [-0.2, 0) is 30.7 Å². The molecular formula is C15H20N2O. The van der Waals surface area contributed by atoms with Gasteiger partial charge in [0.05, 0.1) is 12.2 Å². The van der Waals surface area contributed by atoms with Crippen LogP contribution in [0, 0.1) is 12.3 Å². The third-order valence-electron chi connectivity index (χ3n) is 4.26. The van der Waals surface area contributed by atoms with Gasteiger partial charge >= 0.3 is 0 Å². The summed E-state index contributed by atoms with van der Waals surface area (Å²) >= 11 is 0. The summed E-state index contributed by atoms with van der Waals surface area (Å²) in [5.41, 5.74) is 6.87. The Labute approximate surface area is 108 Å². The lowest BCUT2D eigenvalue weighted by Gasteiger charge is -2.15. The molecule has 0 bridgehead atoms. The molecule has 0 fully saturated rings. The van der Waals surface area contributed by atoms with Crippen LogP contribution in [0.3, 0.4) is 0 Å². The predicted molar refractivity (Wildman–Crippen MR) is 70.1 cm³/mol. The quantitative estimate of drug-likeness (QED) is 0.702. The molecule has 3 rings (SSSR count). The lowest BCUT2D eigenvalue weighted by molar-refractivity contribution is -0.129. The minimum atomic E-state index is 0.150. The van der Waals surface area contributed by atoms with Gasteiger partial charge in [0.1, 0.15) is 0 Å². The second-order valence-corrected chi connectivity index (χ2v) is 6.47. The van der Waals surface area contributed by atoms with Gasteiger partial charge in [0.15, 0.2) is 0 Å². The first-order valence-corrected chi connectivity index (χ1v) is 6.63. The first kappa shape index (κ1) is 11.7. The average molecular weight is 244 g/mol. The molecule has 1 aliphatic carbocycles. The van der Waals surface area contributed by atoms with Crippen molar-refractivity contribution < 1.29 is 4.79 Å². The molecule has 0 aromatic carbocycles. The molecule has 0 saturated carbocycles. The molecule has 0 radical (unpaired) electrons. The lowest BCUT2D eigenvalue weighted by atomic mass is 9.90. The Morgan fingerprint density at radius 2 is 1.83 bits per heavy atom. The van der Waals surface area contributed by atoms with E-state index in [1.54, 1.807) is 6.92 Å². The maximum Gasteiger partial charge on any atom is 0.220 e. The van der Waals surface area contributed by atoms with Crippen LogP contribution in [0.1, 0.15) is 48.8 Å². The van der Waals surface area contributed by atoms with Gasteiger partial charge in [-0.2, -0.15) is 0 Å². The van der Waals surface area contributed by atoms with Crippen molar-refractivity contribution in [1.29, 1.82) is 0 Å². The van der Waals surface area contributed by atoms with Crippen LogP contribution < -0.4 is 0 Å². The molecule has 3 nitrogen and oxygen atoms in total. The van der Waals surface area contributed by atoms with E-state index in [-0.39, 0.29) is 5.91 Å². The third-order valence-corrected chi connectivity index (χ3v) is 4.26. The normalized spacial score (nSPS) is 19.9. The van der Waals surface area contributed by atoms with Gasteiger partial charge in [0.2, 0.25) is 5.91 Å². The number of aryl methyl sites for hydroxylation is 1. The van der Waals surface area contributed by atoms with E-state index < -0.39 is 0 Å². The maximum atomic E-state index is 11.5. The van der Waals surface area contributed by atoms with Crippen molar-refractivity contribution in [1.82, 2.24) is 9.88 Å². The summed E-state index contributed by atoms with van der Waals surface area (Å²) in [5, 5.41) is 0. The van der Waals surface area contributed by atoms with Crippen LogP contribution in [0.4, 0.5) is 0 Å². The number of carbonyl (C=O) groups is 1. The highest BCUT2D eigenvalue weighted by molar-refractivity contribution is 5.74. The summed E-state index contributed by atoms with van der Waals surface area (Å²) in [5.74, 6) is 0.150. The minimum absolute atomic E-state index is 0.150. The van der Waals surface area contributed by atoms with E-state index >= 15 is 0 Å². The second kappa shape index (κ2) is 3.56. The van der Waals surface area contributed by atoms with Crippen molar-refractivity contribution in [2.45, 2.75) is 53.6 Å². The molecule has 0 unspecified atom stereocenters. The summed E-state index contributed by atoms with van der Waals surface area (Å²) in [7, 11) is 0. The standard InChI is InChI=1S/C15H20N2O/c1-9-11-5-15(3,4)6-12(11)13-7-17(10(2)18)8-14(13)16-9/h5-8H2,1-4H3. The molecule has 0 atom stereocenters. The van der Waals surface area contributed by atoms with Crippen LogP contribution >= 0.6 is 0 Å². The summed E-state index contributed by atoms with van der Waals surface area (Å²) in [6.45, 7) is 9.84. The highest BCUT2D eigenvalue weighted by Gasteiger charge is 2.35. The Hall–Kier alpha value is -1.38. The number of nitrogens with zero attached hydrogens (tertiary/aromatic N) is 2. The van der Waals surface area contributed by atoms with Crippen molar-refractivity contribution in [3.8, 4) is 0 Å². The number of fused-ring (bicyclic) bond motifs is 3. The topological polar surface area (TPSA) is 33.2 Å². The van der Waals surface area contributed by atoms with Gasteiger partial charge in [-0.25, -0.2) is 0 Å². The zero-order chi connectivity index (χ0) is 13.1. The zero-order valence-electron chi connectivity index (χ0n) is 11.6. The summed E-state index contributed by atoms with van der Waals surface area (Å²) in [6.07, 6.45) is 2.24. The van der Waals surface area contributed by atoms with E-state index in [2.05, 4.69) is 20.8 Å². The highest BCUT2D eigenvalue weighted by atomic mass is 16.2. The van der Waals surface area contributed by atoms with Crippen LogP contribution in [0.2, 0.25) is 0 Å². The molecule has 18 heavy (non-hydrogen) atoms. The molecule has 2 aliphatic rings. The highest BCUT2D eigenvalue weighted by Crippen LogP contribution is 2.41. The summed E-state index contributed by atoms with van der Waals surface area (Å²) < 4.78 is 0. The van der Waals surface area contributed by atoms with Crippen LogP contribution in [0.25, 0.3) is 0 Å². The number of aromatic nitrogens is 1. The molecule has 96 valence electrons. The molecular weight excluding hydrogens is 224 g/mol. The summed E-state index contributed by atoms with van der Waals surface area (Å²) in [4.78, 5) is 18.1. The summed E-state index contributed by atoms with van der Waals surface area (Å²) in [6, 6.07) is 0. The van der Waals surface area contributed by atoms with Crippen molar-refractivity contribution in [2.75, 3.05) is 0 Å². The Bertz CT molecular complexity index is 546. The van der Waals surface area contributed by atoms with E-state index in [9.17, 15) is 4.79 Å². The third kappa shape index (κ3) is 1.64. The number of carbonyl (C=O) groups excluding carboxylic acids is 1. The van der Waals surface area contributed by atoms with Crippen molar-refractivity contribution in [3.05, 3.63) is 28.1 Å². The first-order chi connectivity index (χ1) is 8.37. The van der Waals surface area contributed by atoms with Crippen LogP contribution in [0.15, 0.2) is 0 Å². The Kier molecular flexibility index (Phi) is 2.31. The van der Waals surface area contributed by atoms with E-state index in [0.29, 0.717) is 12.0 Å². The number of hydrogen-bond acceptors (Lipinski definition) is 2. The monoisotopic (exact) mass is 244 g/mol. The molecule has 3 heteroatoms. The minimum Gasteiger partial charge on any atom is -0.333 e. The SMILES string of the molecule is CC(=O)N1Cc2nc(C)c3c(c2C1)CC(C)(C)C3. The van der Waals surface area contributed by atoms with Gasteiger partial charge in [-0.3, -0.25) is 9.78 Å². The van der Waals surface area contributed by atoms with Gasteiger partial charge in [-0.05, 0) is 41.9 Å². The number of hydrogen-bond donors (Lipinski definition) is 0. The van der Waals surface area contributed by atoms with Gasteiger partial charge in [-0.15, -0.1) is 0 Å². The molecule has 2 heterocycles. The second-order valence-electron chi connectivity index (χ2n) is 6.47. The Morgan fingerprint density at radius 3 is 2.50 bits per heavy atom. The maximum absolute atomic E-state index is 11.5. The molecule has 1 aromatic rings. The molecule has 1 amide bonds. The van der Waals surface area contributed by atoms with Crippen molar-refractivity contribution >= 4 is 5.91 Å². The number of amides is 1. The van der Waals surface area contributed by atoms with Gasteiger partial charge in [0.25, 0.3) is 0 Å². The molecule has 0 spiro atoms. The Balaban J connectivity index is 2.08. The fourth-order valence-corrected chi connectivity index (χ4v) is 3.35. The van der Waals surface area contributed by atoms with Gasteiger partial charge in [0, 0.05) is 19.2 Å². The fraction of sp³-hybridized carbons (Fsp3) is 0.600. The largest absolute Gasteiger partial charge is 0.333 e. The van der Waals surface area contributed by atoms with Crippen LogP contribution in [-0.4, -0.2) is 15.8 Å². The molecule has 1 aliphatic heterocycles. The fourth-order valence-electron chi connectivity index (χ4n) is 3.35.